The molecule has 6 heteroatoms. The fourth-order valence-corrected chi connectivity index (χ4v) is 2.93. The first kappa shape index (κ1) is 13.1. The molecule has 0 saturated heterocycles. The highest BCUT2D eigenvalue weighted by molar-refractivity contribution is 7.99. The SMILES string of the molecule is CNc1ccc(C(=O)NC2CCC(SC)C2)nn1. The smallest absolute Gasteiger partial charge is 0.272 e. The van der Waals surface area contributed by atoms with Crippen molar-refractivity contribution in [3.8, 4) is 0 Å². The van der Waals surface area contributed by atoms with E-state index < -0.39 is 0 Å². The summed E-state index contributed by atoms with van der Waals surface area (Å²) in [6.45, 7) is 0. The van der Waals surface area contributed by atoms with Crippen molar-refractivity contribution in [2.24, 2.45) is 0 Å². The van der Waals surface area contributed by atoms with E-state index in [1.54, 1.807) is 19.2 Å². The highest BCUT2D eigenvalue weighted by atomic mass is 32.2. The number of carbonyl (C=O) groups excluding carboxylic acids is 1. The van der Waals surface area contributed by atoms with Crippen molar-refractivity contribution in [3.63, 3.8) is 0 Å². The van der Waals surface area contributed by atoms with Gasteiger partial charge in [-0.15, -0.1) is 10.2 Å². The van der Waals surface area contributed by atoms with Crippen LogP contribution in [0.25, 0.3) is 0 Å². The zero-order valence-corrected chi connectivity index (χ0v) is 11.5. The molecule has 1 aromatic rings. The predicted molar refractivity (Wildman–Crippen MR) is 74.0 cm³/mol. The van der Waals surface area contributed by atoms with Crippen molar-refractivity contribution in [1.29, 1.82) is 0 Å². The highest BCUT2D eigenvalue weighted by Gasteiger charge is 2.25. The topological polar surface area (TPSA) is 66.9 Å². The number of rotatable bonds is 4. The Bertz CT molecular complexity index is 409. The number of hydrogen-bond donors (Lipinski definition) is 2. The van der Waals surface area contributed by atoms with E-state index in [2.05, 4.69) is 27.1 Å². The molecule has 0 bridgehead atoms. The van der Waals surface area contributed by atoms with Gasteiger partial charge >= 0.3 is 0 Å². The van der Waals surface area contributed by atoms with Crippen molar-refractivity contribution in [1.82, 2.24) is 15.5 Å². The Labute approximate surface area is 111 Å². The van der Waals surface area contributed by atoms with E-state index in [1.807, 2.05) is 11.8 Å². The Balaban J connectivity index is 1.91. The Kier molecular flexibility index (Phi) is 4.41. The third-order valence-electron chi connectivity index (χ3n) is 3.21. The van der Waals surface area contributed by atoms with Crippen LogP contribution in [0.2, 0.25) is 0 Å². The number of carbonyl (C=O) groups is 1. The van der Waals surface area contributed by atoms with Crippen LogP contribution in [-0.2, 0) is 0 Å². The van der Waals surface area contributed by atoms with Gasteiger partial charge in [-0.2, -0.15) is 11.8 Å². The molecule has 1 aliphatic carbocycles. The molecule has 1 fully saturated rings. The van der Waals surface area contributed by atoms with Crippen LogP contribution in [0.1, 0.15) is 29.8 Å². The molecular weight excluding hydrogens is 248 g/mol. The van der Waals surface area contributed by atoms with Crippen LogP contribution in [0.5, 0.6) is 0 Å². The van der Waals surface area contributed by atoms with Crippen LogP contribution in [0.4, 0.5) is 5.82 Å². The van der Waals surface area contributed by atoms with Crippen molar-refractivity contribution in [2.75, 3.05) is 18.6 Å². The van der Waals surface area contributed by atoms with Gasteiger partial charge in [0.25, 0.3) is 5.91 Å². The summed E-state index contributed by atoms with van der Waals surface area (Å²) in [5, 5.41) is 14.4. The summed E-state index contributed by atoms with van der Waals surface area (Å²) in [7, 11) is 1.77. The number of anilines is 1. The maximum absolute atomic E-state index is 12.0. The van der Waals surface area contributed by atoms with Gasteiger partial charge in [0.1, 0.15) is 5.82 Å². The van der Waals surface area contributed by atoms with Gasteiger partial charge in [-0.1, -0.05) is 0 Å². The summed E-state index contributed by atoms with van der Waals surface area (Å²) in [5.41, 5.74) is 0.376. The number of hydrogen-bond acceptors (Lipinski definition) is 5. The zero-order valence-electron chi connectivity index (χ0n) is 10.6. The molecule has 0 spiro atoms. The molecule has 2 N–H and O–H groups in total. The summed E-state index contributed by atoms with van der Waals surface area (Å²) >= 11 is 1.88. The van der Waals surface area contributed by atoms with E-state index in [0.717, 1.165) is 12.8 Å². The lowest BCUT2D eigenvalue weighted by atomic mass is 10.2. The number of nitrogens with one attached hydrogen (secondary N) is 2. The molecule has 2 unspecified atom stereocenters. The first-order chi connectivity index (χ1) is 8.72. The molecule has 98 valence electrons. The van der Waals surface area contributed by atoms with Gasteiger partial charge < -0.3 is 10.6 Å². The molecule has 0 radical (unpaired) electrons. The predicted octanol–water partition coefficient (Wildman–Crippen LogP) is 1.53. The summed E-state index contributed by atoms with van der Waals surface area (Å²) in [4.78, 5) is 12.0. The molecule has 1 saturated carbocycles. The minimum atomic E-state index is -0.128. The van der Waals surface area contributed by atoms with Crippen LogP contribution in [0.3, 0.4) is 0 Å². The van der Waals surface area contributed by atoms with Gasteiger partial charge in [-0.3, -0.25) is 4.79 Å². The second kappa shape index (κ2) is 6.04. The van der Waals surface area contributed by atoms with E-state index in [1.165, 1.54) is 6.42 Å². The van der Waals surface area contributed by atoms with E-state index in [4.69, 9.17) is 0 Å². The van der Waals surface area contributed by atoms with Crippen LogP contribution < -0.4 is 10.6 Å². The highest BCUT2D eigenvalue weighted by Crippen LogP contribution is 2.28. The van der Waals surface area contributed by atoms with Gasteiger partial charge in [0.05, 0.1) is 0 Å². The molecule has 1 aromatic heterocycles. The Hall–Kier alpha value is -1.30. The molecule has 5 nitrogen and oxygen atoms in total. The molecule has 1 amide bonds. The Morgan fingerprint density at radius 2 is 2.22 bits per heavy atom. The Morgan fingerprint density at radius 3 is 2.78 bits per heavy atom. The molecule has 0 aromatic carbocycles. The normalized spacial score (nSPS) is 22.8. The molecular formula is C12H18N4OS. The van der Waals surface area contributed by atoms with E-state index in [9.17, 15) is 4.79 Å². The lowest BCUT2D eigenvalue weighted by molar-refractivity contribution is 0.0932. The molecule has 0 aliphatic heterocycles. The quantitative estimate of drug-likeness (QED) is 0.865. The molecule has 2 atom stereocenters. The van der Waals surface area contributed by atoms with Crippen LogP contribution in [-0.4, -0.2) is 40.7 Å². The number of thioether (sulfide) groups is 1. The number of amides is 1. The first-order valence-corrected chi connectivity index (χ1v) is 7.37. The fourth-order valence-electron chi connectivity index (χ4n) is 2.13. The molecule has 1 heterocycles. The van der Waals surface area contributed by atoms with Crippen molar-refractivity contribution in [2.45, 2.75) is 30.6 Å². The largest absolute Gasteiger partial charge is 0.372 e. The molecule has 1 aliphatic rings. The van der Waals surface area contributed by atoms with Crippen LogP contribution in [0, 0.1) is 0 Å². The monoisotopic (exact) mass is 266 g/mol. The number of nitrogens with zero attached hydrogens (tertiary/aromatic N) is 2. The average molecular weight is 266 g/mol. The fraction of sp³-hybridized carbons (Fsp3) is 0.583. The number of aromatic nitrogens is 2. The molecule has 18 heavy (non-hydrogen) atoms. The van der Waals surface area contributed by atoms with E-state index in [0.29, 0.717) is 16.8 Å². The summed E-state index contributed by atoms with van der Waals surface area (Å²) in [5.74, 6) is 0.534. The minimum absolute atomic E-state index is 0.128. The second-order valence-corrected chi connectivity index (χ2v) is 5.53. The van der Waals surface area contributed by atoms with Crippen LogP contribution >= 0.6 is 11.8 Å². The third kappa shape index (κ3) is 3.13. The van der Waals surface area contributed by atoms with Crippen molar-refractivity contribution >= 4 is 23.5 Å². The lowest BCUT2D eigenvalue weighted by Gasteiger charge is -2.12. The van der Waals surface area contributed by atoms with Crippen LogP contribution in [0.15, 0.2) is 12.1 Å². The first-order valence-electron chi connectivity index (χ1n) is 6.08. The summed E-state index contributed by atoms with van der Waals surface area (Å²) < 4.78 is 0. The third-order valence-corrected chi connectivity index (χ3v) is 4.30. The van der Waals surface area contributed by atoms with Gasteiger partial charge in [-0.05, 0) is 37.7 Å². The minimum Gasteiger partial charge on any atom is -0.372 e. The standard InChI is InChI=1S/C12H18N4OS/c1-13-11-6-5-10(15-16-11)12(17)14-8-3-4-9(7-8)18-2/h5-6,8-9H,3-4,7H2,1-2H3,(H,13,16)(H,14,17). The summed E-state index contributed by atoms with van der Waals surface area (Å²) in [6, 6.07) is 3.72. The zero-order chi connectivity index (χ0) is 13.0. The molecule has 2 rings (SSSR count). The average Bonchev–Trinajstić information content (AvgIpc) is 2.86. The lowest BCUT2D eigenvalue weighted by Crippen LogP contribution is -2.33. The van der Waals surface area contributed by atoms with Crippen molar-refractivity contribution < 1.29 is 4.79 Å². The van der Waals surface area contributed by atoms with Gasteiger partial charge in [0.2, 0.25) is 0 Å². The second-order valence-electron chi connectivity index (χ2n) is 4.39. The van der Waals surface area contributed by atoms with E-state index >= 15 is 0 Å². The van der Waals surface area contributed by atoms with Gasteiger partial charge in [0.15, 0.2) is 5.69 Å². The summed E-state index contributed by atoms with van der Waals surface area (Å²) in [6.07, 6.45) is 5.40. The van der Waals surface area contributed by atoms with Crippen molar-refractivity contribution in [3.05, 3.63) is 17.8 Å². The van der Waals surface area contributed by atoms with Gasteiger partial charge in [-0.25, -0.2) is 0 Å². The Morgan fingerprint density at radius 1 is 1.39 bits per heavy atom. The maximum atomic E-state index is 12.0. The maximum Gasteiger partial charge on any atom is 0.272 e. The van der Waals surface area contributed by atoms with Gasteiger partial charge in [0, 0.05) is 18.3 Å². The van der Waals surface area contributed by atoms with E-state index in [-0.39, 0.29) is 11.9 Å².